The highest BCUT2D eigenvalue weighted by Gasteiger charge is 2.23. The van der Waals surface area contributed by atoms with E-state index in [9.17, 15) is 0 Å². The molecule has 3 aromatic rings. The average Bonchev–Trinajstić information content (AvgIpc) is 2.89. The van der Waals surface area contributed by atoms with E-state index in [1.54, 1.807) is 12.5 Å². The molecule has 0 bridgehead atoms. The number of benzene rings is 1. The van der Waals surface area contributed by atoms with Gasteiger partial charge in [0.25, 0.3) is 0 Å². The second-order valence-corrected chi connectivity index (χ2v) is 5.18. The molecule has 0 aliphatic carbocycles. The predicted octanol–water partition coefficient (Wildman–Crippen LogP) is 3.37. The van der Waals surface area contributed by atoms with Crippen LogP contribution in [0.25, 0.3) is 11.0 Å². The second kappa shape index (κ2) is 4.42. The third kappa shape index (κ3) is 1.72. The van der Waals surface area contributed by atoms with Crippen LogP contribution in [-0.4, -0.2) is 21.5 Å². The minimum atomic E-state index is 0.716. The molecule has 0 N–H and O–H groups in total. The maximum atomic E-state index is 6.12. The minimum Gasteiger partial charge on any atom is -0.325 e. The lowest BCUT2D eigenvalue weighted by Crippen LogP contribution is -2.15. The van der Waals surface area contributed by atoms with Crippen LogP contribution in [0.4, 0.5) is 11.5 Å². The van der Waals surface area contributed by atoms with Gasteiger partial charge in [0.1, 0.15) is 12.1 Å². The van der Waals surface area contributed by atoms with Crippen LogP contribution >= 0.6 is 11.6 Å². The lowest BCUT2D eigenvalue weighted by atomic mass is 10.2. The second-order valence-electron chi connectivity index (χ2n) is 4.75. The highest BCUT2D eigenvalue weighted by Crippen LogP contribution is 2.37. The van der Waals surface area contributed by atoms with Crippen molar-refractivity contribution in [3.63, 3.8) is 0 Å². The molecule has 1 aliphatic rings. The van der Waals surface area contributed by atoms with E-state index >= 15 is 0 Å². The van der Waals surface area contributed by atoms with E-state index in [2.05, 4.69) is 25.9 Å². The van der Waals surface area contributed by atoms with Crippen molar-refractivity contribution in [1.82, 2.24) is 15.0 Å². The molecular weight excluding hydrogens is 272 g/mol. The summed E-state index contributed by atoms with van der Waals surface area (Å²) in [6.45, 7) is 0.899. The van der Waals surface area contributed by atoms with E-state index < -0.39 is 0 Å². The van der Waals surface area contributed by atoms with Crippen LogP contribution in [0.5, 0.6) is 0 Å². The van der Waals surface area contributed by atoms with Crippen LogP contribution in [-0.2, 0) is 6.42 Å². The van der Waals surface area contributed by atoms with E-state index in [1.807, 2.05) is 24.3 Å². The van der Waals surface area contributed by atoms with Gasteiger partial charge in [0.15, 0.2) is 5.65 Å². The number of halogens is 1. The Morgan fingerprint density at radius 2 is 2.05 bits per heavy atom. The zero-order valence-corrected chi connectivity index (χ0v) is 11.4. The molecule has 0 unspecified atom stereocenters. The fourth-order valence-corrected chi connectivity index (χ4v) is 2.84. The summed E-state index contributed by atoms with van der Waals surface area (Å²) in [5.41, 5.74) is 3.14. The van der Waals surface area contributed by atoms with E-state index in [1.165, 1.54) is 5.56 Å². The molecule has 1 aromatic carbocycles. The van der Waals surface area contributed by atoms with E-state index in [0.717, 1.165) is 34.9 Å². The summed E-state index contributed by atoms with van der Waals surface area (Å²) in [6, 6.07) is 9.92. The van der Waals surface area contributed by atoms with Gasteiger partial charge in [-0.3, -0.25) is 0 Å². The molecule has 2 aromatic heterocycles. The van der Waals surface area contributed by atoms with Crippen LogP contribution in [0.1, 0.15) is 5.56 Å². The molecule has 0 fully saturated rings. The first-order valence-corrected chi connectivity index (χ1v) is 6.82. The first-order valence-electron chi connectivity index (χ1n) is 6.44. The van der Waals surface area contributed by atoms with Gasteiger partial charge in [-0.05, 0) is 36.2 Å². The van der Waals surface area contributed by atoms with Crippen LogP contribution < -0.4 is 4.90 Å². The summed E-state index contributed by atoms with van der Waals surface area (Å²) in [7, 11) is 0. The molecular formula is C15H11ClN4. The van der Waals surface area contributed by atoms with Crippen LogP contribution in [0.15, 0.2) is 42.9 Å². The molecule has 1 aliphatic heterocycles. The van der Waals surface area contributed by atoms with E-state index in [4.69, 9.17) is 11.6 Å². The van der Waals surface area contributed by atoms with Gasteiger partial charge in [-0.15, -0.1) is 0 Å². The topological polar surface area (TPSA) is 41.9 Å². The van der Waals surface area contributed by atoms with Crippen LogP contribution in [0.3, 0.4) is 0 Å². The van der Waals surface area contributed by atoms with Crippen molar-refractivity contribution in [3.05, 3.63) is 53.4 Å². The third-order valence-corrected chi connectivity index (χ3v) is 3.82. The normalized spacial score (nSPS) is 13.8. The van der Waals surface area contributed by atoms with E-state index in [0.29, 0.717) is 5.65 Å². The van der Waals surface area contributed by atoms with Gasteiger partial charge in [-0.1, -0.05) is 17.7 Å². The van der Waals surface area contributed by atoms with Gasteiger partial charge >= 0.3 is 0 Å². The van der Waals surface area contributed by atoms with Crippen LogP contribution in [0, 0.1) is 0 Å². The molecule has 4 rings (SSSR count). The summed E-state index contributed by atoms with van der Waals surface area (Å²) in [5.74, 6) is 0.893. The standard InChI is InChI=1S/C15H11ClN4/c16-11-4-3-10-5-7-20(13(10)8-11)15-12-2-1-6-17-14(12)18-9-19-15/h1-4,6,8-9H,5,7H2. The number of hydrogen-bond acceptors (Lipinski definition) is 4. The minimum absolute atomic E-state index is 0.716. The SMILES string of the molecule is Clc1ccc2c(c1)N(c1ncnc3ncccc13)CC2. The van der Waals surface area contributed by atoms with Crippen molar-refractivity contribution in [1.29, 1.82) is 0 Å². The molecule has 20 heavy (non-hydrogen) atoms. The zero-order chi connectivity index (χ0) is 13.5. The number of hydrogen-bond donors (Lipinski definition) is 0. The van der Waals surface area contributed by atoms with Crippen molar-refractivity contribution < 1.29 is 0 Å². The van der Waals surface area contributed by atoms with Crippen LogP contribution in [0.2, 0.25) is 5.02 Å². The fourth-order valence-electron chi connectivity index (χ4n) is 2.67. The Morgan fingerprint density at radius 3 is 3.00 bits per heavy atom. The molecule has 5 heteroatoms. The number of anilines is 2. The summed E-state index contributed by atoms with van der Waals surface area (Å²) in [5, 5.41) is 1.70. The van der Waals surface area contributed by atoms with Gasteiger partial charge in [-0.2, -0.15) is 0 Å². The molecule has 4 nitrogen and oxygen atoms in total. The van der Waals surface area contributed by atoms with Crippen molar-refractivity contribution in [2.45, 2.75) is 6.42 Å². The molecule has 0 atom stereocenters. The molecule has 0 spiro atoms. The largest absolute Gasteiger partial charge is 0.325 e. The maximum absolute atomic E-state index is 6.12. The van der Waals surface area contributed by atoms with Gasteiger partial charge in [0, 0.05) is 23.5 Å². The van der Waals surface area contributed by atoms with Gasteiger partial charge in [0.2, 0.25) is 0 Å². The van der Waals surface area contributed by atoms with Gasteiger partial charge in [-0.25, -0.2) is 15.0 Å². The molecule has 0 saturated carbocycles. The number of rotatable bonds is 1. The van der Waals surface area contributed by atoms with Crippen molar-refractivity contribution in [2.24, 2.45) is 0 Å². The van der Waals surface area contributed by atoms with Crippen molar-refractivity contribution in [3.8, 4) is 0 Å². The number of pyridine rings is 1. The highest BCUT2D eigenvalue weighted by molar-refractivity contribution is 6.31. The lowest BCUT2D eigenvalue weighted by molar-refractivity contribution is 0.973. The average molecular weight is 283 g/mol. The summed E-state index contributed by atoms with van der Waals surface area (Å²) in [4.78, 5) is 15.1. The summed E-state index contributed by atoms with van der Waals surface area (Å²) >= 11 is 6.12. The fraction of sp³-hybridized carbons (Fsp3) is 0.133. The zero-order valence-electron chi connectivity index (χ0n) is 10.6. The molecule has 0 saturated heterocycles. The number of aromatic nitrogens is 3. The summed E-state index contributed by atoms with van der Waals surface area (Å²) < 4.78 is 0. The Hall–Kier alpha value is -2.20. The number of fused-ring (bicyclic) bond motifs is 2. The molecule has 3 heterocycles. The van der Waals surface area contributed by atoms with Crippen molar-refractivity contribution >= 4 is 34.1 Å². The Balaban J connectivity index is 1.92. The Bertz CT molecular complexity index is 797. The van der Waals surface area contributed by atoms with Gasteiger partial charge < -0.3 is 4.90 Å². The highest BCUT2D eigenvalue weighted by atomic mass is 35.5. The summed E-state index contributed by atoms with van der Waals surface area (Å²) in [6.07, 6.45) is 4.30. The smallest absolute Gasteiger partial charge is 0.164 e. The molecule has 0 amide bonds. The Kier molecular flexibility index (Phi) is 2.57. The lowest BCUT2D eigenvalue weighted by Gasteiger charge is -2.19. The van der Waals surface area contributed by atoms with Gasteiger partial charge in [0.05, 0.1) is 5.39 Å². The molecule has 98 valence electrons. The first kappa shape index (κ1) is 11.6. The third-order valence-electron chi connectivity index (χ3n) is 3.59. The first-order chi connectivity index (χ1) is 9.83. The molecule has 0 radical (unpaired) electrons. The Morgan fingerprint density at radius 1 is 1.10 bits per heavy atom. The van der Waals surface area contributed by atoms with E-state index in [-0.39, 0.29) is 0 Å². The van der Waals surface area contributed by atoms with Crippen molar-refractivity contribution in [2.75, 3.05) is 11.4 Å². The predicted molar refractivity (Wildman–Crippen MR) is 79.5 cm³/mol. The Labute approximate surface area is 121 Å². The number of nitrogens with zero attached hydrogens (tertiary/aromatic N) is 4. The quantitative estimate of drug-likeness (QED) is 0.686. The monoisotopic (exact) mass is 282 g/mol. The maximum Gasteiger partial charge on any atom is 0.164 e.